The summed E-state index contributed by atoms with van der Waals surface area (Å²) >= 11 is 0. The number of nitrogens with one attached hydrogen (secondary N) is 3. The summed E-state index contributed by atoms with van der Waals surface area (Å²) in [6, 6.07) is -0.303. The summed E-state index contributed by atoms with van der Waals surface area (Å²) in [5.41, 5.74) is 0. The fraction of sp³-hybridized carbons (Fsp3) is 0.727. The van der Waals surface area contributed by atoms with Gasteiger partial charge in [-0.25, -0.2) is 9.59 Å². The van der Waals surface area contributed by atoms with Crippen molar-refractivity contribution in [1.29, 1.82) is 0 Å². The van der Waals surface area contributed by atoms with E-state index in [-0.39, 0.29) is 18.0 Å². The second-order valence-electron chi connectivity index (χ2n) is 4.72. The third kappa shape index (κ3) is 5.98. The number of amides is 3. The second kappa shape index (κ2) is 7.25. The summed E-state index contributed by atoms with van der Waals surface area (Å²) < 4.78 is 31.7. The molecule has 0 spiro atoms. The lowest BCUT2D eigenvalue weighted by Gasteiger charge is -2.33. The van der Waals surface area contributed by atoms with Crippen molar-refractivity contribution in [2.45, 2.75) is 31.5 Å². The third-order valence-corrected chi connectivity index (χ3v) is 3.17. The highest BCUT2D eigenvalue weighted by molar-refractivity contribution is 5.97. The lowest BCUT2D eigenvalue weighted by atomic mass is 9.87. The molecule has 10 heteroatoms. The Labute approximate surface area is 118 Å². The standard InChI is InChI=1S/C9H15N3O2.C2HF3O2/c13-8-5-7(11-9(14)12-8)6-1-3-10-4-2-6;3-2(4,5)1(6)7/h6-7,10H,1-5H2,(H2,11,12,13,14);(H,6,7). The van der Waals surface area contributed by atoms with Crippen molar-refractivity contribution in [3.8, 4) is 0 Å². The van der Waals surface area contributed by atoms with Gasteiger partial charge in [-0.1, -0.05) is 0 Å². The molecule has 2 rings (SSSR count). The number of hydrogen-bond donors (Lipinski definition) is 4. The Morgan fingerprint density at radius 3 is 2.14 bits per heavy atom. The topological polar surface area (TPSA) is 108 Å². The predicted octanol–water partition coefficient (Wildman–Crippen LogP) is 0.217. The molecule has 21 heavy (non-hydrogen) atoms. The van der Waals surface area contributed by atoms with Gasteiger partial charge in [-0.3, -0.25) is 10.1 Å². The minimum absolute atomic E-state index is 0.0401. The Balaban J connectivity index is 0.000000270. The van der Waals surface area contributed by atoms with Crippen molar-refractivity contribution in [3.63, 3.8) is 0 Å². The first kappa shape index (κ1) is 17.2. The van der Waals surface area contributed by atoms with Crippen LogP contribution in [0, 0.1) is 5.92 Å². The molecule has 0 aliphatic carbocycles. The van der Waals surface area contributed by atoms with Crippen molar-refractivity contribution in [2.75, 3.05) is 13.1 Å². The van der Waals surface area contributed by atoms with E-state index in [0.29, 0.717) is 12.3 Å². The van der Waals surface area contributed by atoms with Gasteiger partial charge in [-0.15, -0.1) is 0 Å². The minimum atomic E-state index is -5.08. The number of halogens is 3. The highest BCUT2D eigenvalue weighted by atomic mass is 19.4. The molecule has 0 aromatic carbocycles. The van der Waals surface area contributed by atoms with Crippen molar-refractivity contribution in [1.82, 2.24) is 16.0 Å². The van der Waals surface area contributed by atoms with E-state index in [2.05, 4.69) is 16.0 Å². The van der Waals surface area contributed by atoms with E-state index in [1.54, 1.807) is 0 Å². The molecule has 2 fully saturated rings. The summed E-state index contributed by atoms with van der Waals surface area (Å²) in [4.78, 5) is 31.1. The highest BCUT2D eigenvalue weighted by Gasteiger charge is 2.38. The van der Waals surface area contributed by atoms with Crippen LogP contribution < -0.4 is 16.0 Å². The quantitative estimate of drug-likeness (QED) is 0.554. The van der Waals surface area contributed by atoms with Crippen LogP contribution >= 0.6 is 0 Å². The van der Waals surface area contributed by atoms with E-state index in [1.807, 2.05) is 0 Å². The molecular formula is C11H16F3N3O4. The largest absolute Gasteiger partial charge is 0.490 e. The van der Waals surface area contributed by atoms with Crippen LogP contribution in [0.15, 0.2) is 0 Å². The third-order valence-electron chi connectivity index (χ3n) is 3.17. The molecule has 2 aliphatic heterocycles. The minimum Gasteiger partial charge on any atom is -0.475 e. The summed E-state index contributed by atoms with van der Waals surface area (Å²) in [7, 11) is 0. The molecule has 7 nitrogen and oxygen atoms in total. The Bertz CT molecular complexity index is 392. The number of hydrogen-bond acceptors (Lipinski definition) is 4. The molecule has 4 N–H and O–H groups in total. The zero-order valence-corrected chi connectivity index (χ0v) is 11.0. The van der Waals surface area contributed by atoms with Gasteiger partial charge < -0.3 is 15.7 Å². The number of urea groups is 1. The lowest BCUT2D eigenvalue weighted by Crippen LogP contribution is -2.55. The molecule has 1 atom stereocenters. The van der Waals surface area contributed by atoms with Gasteiger partial charge in [0.1, 0.15) is 0 Å². The van der Waals surface area contributed by atoms with E-state index in [1.165, 1.54) is 0 Å². The van der Waals surface area contributed by atoms with Crippen LogP contribution in [0.5, 0.6) is 0 Å². The number of carboxylic acid groups (broad SMARTS) is 1. The molecule has 2 heterocycles. The van der Waals surface area contributed by atoms with Gasteiger partial charge in [0, 0.05) is 12.5 Å². The first-order chi connectivity index (χ1) is 9.70. The van der Waals surface area contributed by atoms with Crippen LogP contribution in [0.3, 0.4) is 0 Å². The number of imide groups is 1. The predicted molar refractivity (Wildman–Crippen MR) is 64.4 cm³/mol. The van der Waals surface area contributed by atoms with Crippen LogP contribution in [0.1, 0.15) is 19.3 Å². The molecule has 0 aromatic heterocycles. The number of alkyl halides is 3. The molecular weight excluding hydrogens is 295 g/mol. The van der Waals surface area contributed by atoms with E-state index in [0.717, 1.165) is 25.9 Å². The molecule has 0 radical (unpaired) electrons. The first-order valence-electron chi connectivity index (χ1n) is 6.31. The normalized spacial score (nSPS) is 23.5. The molecule has 0 saturated carbocycles. The summed E-state index contributed by atoms with van der Waals surface area (Å²) in [6.45, 7) is 1.97. The van der Waals surface area contributed by atoms with Gasteiger partial charge in [-0.05, 0) is 31.8 Å². The first-order valence-corrected chi connectivity index (χ1v) is 6.31. The van der Waals surface area contributed by atoms with Crippen LogP contribution in [-0.2, 0) is 9.59 Å². The smallest absolute Gasteiger partial charge is 0.475 e. The Morgan fingerprint density at radius 1 is 1.19 bits per heavy atom. The number of carbonyl (C=O) groups is 3. The van der Waals surface area contributed by atoms with Gasteiger partial charge in [0.05, 0.1) is 0 Å². The number of rotatable bonds is 1. The van der Waals surface area contributed by atoms with Gasteiger partial charge in [-0.2, -0.15) is 13.2 Å². The van der Waals surface area contributed by atoms with Gasteiger partial charge in [0.15, 0.2) is 0 Å². The molecule has 3 amide bonds. The zero-order chi connectivity index (χ0) is 16.0. The number of aliphatic carboxylic acids is 1. The van der Waals surface area contributed by atoms with E-state index in [4.69, 9.17) is 9.90 Å². The van der Waals surface area contributed by atoms with Gasteiger partial charge >= 0.3 is 18.2 Å². The van der Waals surface area contributed by atoms with Crippen LogP contribution in [0.2, 0.25) is 0 Å². The van der Waals surface area contributed by atoms with Crippen molar-refractivity contribution in [3.05, 3.63) is 0 Å². The summed E-state index contributed by atoms with van der Waals surface area (Å²) in [6.07, 6.45) is -2.58. The van der Waals surface area contributed by atoms with E-state index in [9.17, 15) is 22.8 Å². The molecule has 2 aliphatic rings. The maximum Gasteiger partial charge on any atom is 0.490 e. The maximum atomic E-state index is 11.1. The van der Waals surface area contributed by atoms with Crippen LogP contribution in [0.4, 0.5) is 18.0 Å². The monoisotopic (exact) mass is 311 g/mol. The molecule has 2 saturated heterocycles. The SMILES string of the molecule is O=C(O)C(F)(F)F.O=C1CC(C2CCNCC2)NC(=O)N1. The van der Waals surface area contributed by atoms with E-state index >= 15 is 0 Å². The van der Waals surface area contributed by atoms with Gasteiger partial charge in [0.25, 0.3) is 0 Å². The molecule has 1 unspecified atom stereocenters. The van der Waals surface area contributed by atoms with Crippen molar-refractivity contribution < 1.29 is 32.7 Å². The van der Waals surface area contributed by atoms with E-state index < -0.39 is 12.1 Å². The zero-order valence-electron chi connectivity index (χ0n) is 11.0. The summed E-state index contributed by atoms with van der Waals surface area (Å²) in [5, 5.41) is 15.4. The molecule has 0 aromatic rings. The second-order valence-corrected chi connectivity index (χ2v) is 4.72. The Hall–Kier alpha value is -1.84. The highest BCUT2D eigenvalue weighted by Crippen LogP contribution is 2.19. The number of piperidine rings is 1. The maximum absolute atomic E-state index is 11.1. The number of carboxylic acids is 1. The molecule has 120 valence electrons. The fourth-order valence-corrected chi connectivity index (χ4v) is 2.16. The Kier molecular flexibility index (Phi) is 5.94. The number of carbonyl (C=O) groups excluding carboxylic acids is 2. The Morgan fingerprint density at radius 2 is 1.71 bits per heavy atom. The average molecular weight is 311 g/mol. The lowest BCUT2D eigenvalue weighted by molar-refractivity contribution is -0.192. The average Bonchev–Trinajstić information content (AvgIpc) is 2.38. The fourth-order valence-electron chi connectivity index (χ4n) is 2.16. The van der Waals surface area contributed by atoms with Gasteiger partial charge in [0.2, 0.25) is 5.91 Å². The van der Waals surface area contributed by atoms with Crippen molar-refractivity contribution >= 4 is 17.9 Å². The van der Waals surface area contributed by atoms with Crippen LogP contribution in [-0.4, -0.2) is 48.3 Å². The van der Waals surface area contributed by atoms with Crippen LogP contribution in [0.25, 0.3) is 0 Å². The van der Waals surface area contributed by atoms with Crippen molar-refractivity contribution in [2.24, 2.45) is 5.92 Å². The summed E-state index contributed by atoms with van der Waals surface area (Å²) in [5.74, 6) is -2.46. The molecule has 0 bridgehead atoms.